The standard InChI is InChI=1S/C20H37NO3.C14H28N2O.CH2Cl2/c1-5-6-7-8-9-12-15-21-18(22)16-13-10-11-14-17(16)19(23)24-20(2,3)4;1-2-3-4-5-6-8-12-16-14(17)13-10-7-9-11-15-13;2-1-3/h16-17H,5-15H2,1-4H3,(H,21,22);13,15H,2-12H2,1H3,(H,16,17);1H2/t16-,17?;13-;/m01./s1. The molecule has 1 unspecified atom stereocenters. The molecule has 0 aromatic rings. The molecule has 9 heteroatoms. The van der Waals surface area contributed by atoms with Gasteiger partial charge in [0.15, 0.2) is 0 Å². The molecule has 1 heterocycles. The summed E-state index contributed by atoms with van der Waals surface area (Å²) in [7, 11) is 0. The molecule has 0 radical (unpaired) electrons. The van der Waals surface area contributed by atoms with E-state index < -0.39 is 5.60 Å². The highest BCUT2D eigenvalue weighted by Crippen LogP contribution is 2.32. The van der Waals surface area contributed by atoms with Crippen LogP contribution in [0.2, 0.25) is 0 Å². The summed E-state index contributed by atoms with van der Waals surface area (Å²) in [6.07, 6.45) is 21.9. The third-order valence-corrected chi connectivity index (χ3v) is 8.10. The zero-order valence-corrected chi connectivity index (χ0v) is 30.4. The Bertz CT molecular complexity index is 727. The van der Waals surface area contributed by atoms with Gasteiger partial charge in [-0.3, -0.25) is 14.4 Å². The first-order valence-corrected chi connectivity index (χ1v) is 18.8. The minimum absolute atomic E-state index is 0.0408. The molecule has 2 amide bonds. The van der Waals surface area contributed by atoms with Crippen molar-refractivity contribution >= 4 is 41.0 Å². The summed E-state index contributed by atoms with van der Waals surface area (Å²) in [6, 6.07) is 0.0730. The molecule has 2 aliphatic rings. The average molecular weight is 665 g/mol. The maximum atomic E-state index is 12.5. The van der Waals surface area contributed by atoms with Crippen molar-refractivity contribution in [3.8, 4) is 0 Å². The number of hydrogen-bond donors (Lipinski definition) is 3. The molecule has 0 aromatic heterocycles. The van der Waals surface area contributed by atoms with Crippen molar-refractivity contribution < 1.29 is 19.1 Å². The van der Waals surface area contributed by atoms with E-state index in [9.17, 15) is 14.4 Å². The Hall–Kier alpha value is -1.05. The first kappa shape index (κ1) is 43.0. The Morgan fingerprint density at radius 1 is 0.682 bits per heavy atom. The van der Waals surface area contributed by atoms with Gasteiger partial charge < -0.3 is 20.7 Å². The molecular formula is C35H67Cl2N3O4. The third kappa shape index (κ3) is 23.3. The minimum atomic E-state index is -0.492. The molecule has 1 aliphatic carbocycles. The quantitative estimate of drug-likeness (QED) is 0.0822. The van der Waals surface area contributed by atoms with E-state index >= 15 is 0 Å². The lowest BCUT2D eigenvalue weighted by Crippen LogP contribution is -2.46. The first-order valence-electron chi connectivity index (χ1n) is 17.7. The van der Waals surface area contributed by atoms with E-state index in [1.807, 2.05) is 20.8 Å². The van der Waals surface area contributed by atoms with Crippen LogP contribution in [-0.2, 0) is 19.1 Å². The van der Waals surface area contributed by atoms with E-state index in [0.29, 0.717) is 0 Å². The molecule has 2 fully saturated rings. The molecule has 260 valence electrons. The molecule has 3 atom stereocenters. The second-order valence-corrected chi connectivity index (χ2v) is 14.1. The Morgan fingerprint density at radius 3 is 1.61 bits per heavy atom. The van der Waals surface area contributed by atoms with Crippen LogP contribution in [0.3, 0.4) is 0 Å². The number of carbonyl (C=O) groups is 3. The number of halogens is 2. The molecule has 0 spiro atoms. The number of amides is 2. The maximum Gasteiger partial charge on any atom is 0.310 e. The molecule has 7 nitrogen and oxygen atoms in total. The number of rotatable bonds is 17. The van der Waals surface area contributed by atoms with Gasteiger partial charge >= 0.3 is 5.97 Å². The summed E-state index contributed by atoms with van der Waals surface area (Å²) in [6.45, 7) is 12.6. The summed E-state index contributed by atoms with van der Waals surface area (Å²) < 4.78 is 5.52. The van der Waals surface area contributed by atoms with Gasteiger partial charge in [0.2, 0.25) is 11.8 Å². The highest BCUT2D eigenvalue weighted by atomic mass is 35.5. The van der Waals surface area contributed by atoms with Gasteiger partial charge in [0.1, 0.15) is 5.60 Å². The van der Waals surface area contributed by atoms with Crippen LogP contribution >= 0.6 is 23.2 Å². The lowest BCUT2D eigenvalue weighted by atomic mass is 9.78. The Kier molecular flexibility index (Phi) is 27.5. The SMILES string of the molecule is CCCCCCCCNC(=O)[C@H]1CCCCC1C(=O)OC(C)(C)C.CCCCCCCCNC(=O)[C@H]1CCCCN1.ClCCl. The summed E-state index contributed by atoms with van der Waals surface area (Å²) >= 11 is 9.53. The van der Waals surface area contributed by atoms with Gasteiger partial charge in [0, 0.05) is 13.1 Å². The summed E-state index contributed by atoms with van der Waals surface area (Å²) in [5.41, 5.74) is -0.492. The fourth-order valence-corrected chi connectivity index (χ4v) is 5.67. The van der Waals surface area contributed by atoms with Gasteiger partial charge in [-0.05, 0) is 65.8 Å². The predicted molar refractivity (Wildman–Crippen MR) is 186 cm³/mol. The molecule has 44 heavy (non-hydrogen) atoms. The summed E-state index contributed by atoms with van der Waals surface area (Å²) in [5.74, 6) is -0.449. The predicted octanol–water partition coefficient (Wildman–Crippen LogP) is 8.64. The van der Waals surface area contributed by atoms with E-state index in [0.717, 1.165) is 64.6 Å². The van der Waals surface area contributed by atoms with Gasteiger partial charge in [-0.15, -0.1) is 23.2 Å². The van der Waals surface area contributed by atoms with Crippen LogP contribution in [0, 0.1) is 11.8 Å². The number of esters is 1. The number of nitrogens with one attached hydrogen (secondary N) is 3. The van der Waals surface area contributed by atoms with Crippen molar-refractivity contribution in [2.45, 2.75) is 168 Å². The monoisotopic (exact) mass is 663 g/mol. The largest absolute Gasteiger partial charge is 0.460 e. The fraction of sp³-hybridized carbons (Fsp3) is 0.914. The minimum Gasteiger partial charge on any atom is -0.460 e. The van der Waals surface area contributed by atoms with E-state index in [-0.39, 0.29) is 41.0 Å². The number of unbranched alkanes of at least 4 members (excludes halogenated alkanes) is 10. The molecule has 3 N–H and O–H groups in total. The normalized spacial score (nSPS) is 19.8. The van der Waals surface area contributed by atoms with Crippen LogP contribution in [0.1, 0.15) is 157 Å². The van der Waals surface area contributed by atoms with Gasteiger partial charge in [-0.2, -0.15) is 0 Å². The topological polar surface area (TPSA) is 96.5 Å². The van der Waals surface area contributed by atoms with Crippen LogP contribution in [-0.4, -0.2) is 54.4 Å². The number of ether oxygens (including phenoxy) is 1. The highest BCUT2D eigenvalue weighted by Gasteiger charge is 2.38. The Balaban J connectivity index is 0.000000808. The molecular weight excluding hydrogens is 597 g/mol. The third-order valence-electron chi connectivity index (χ3n) is 8.10. The van der Waals surface area contributed by atoms with Crippen molar-refractivity contribution in [3.05, 3.63) is 0 Å². The lowest BCUT2D eigenvalue weighted by molar-refractivity contribution is -0.165. The molecule has 0 bridgehead atoms. The van der Waals surface area contributed by atoms with Crippen LogP contribution in [0.25, 0.3) is 0 Å². The van der Waals surface area contributed by atoms with E-state index in [4.69, 9.17) is 27.9 Å². The van der Waals surface area contributed by atoms with Crippen molar-refractivity contribution in [1.82, 2.24) is 16.0 Å². The average Bonchev–Trinajstić information content (AvgIpc) is 3.00. The highest BCUT2D eigenvalue weighted by molar-refractivity contribution is 6.40. The fourth-order valence-electron chi connectivity index (χ4n) is 5.67. The molecule has 1 saturated carbocycles. The molecule has 0 aromatic carbocycles. The first-order chi connectivity index (χ1) is 21.1. The Labute approximate surface area is 280 Å². The van der Waals surface area contributed by atoms with Crippen LogP contribution < -0.4 is 16.0 Å². The molecule has 1 aliphatic heterocycles. The van der Waals surface area contributed by atoms with Gasteiger partial charge in [0.25, 0.3) is 0 Å². The van der Waals surface area contributed by atoms with Crippen molar-refractivity contribution in [2.24, 2.45) is 11.8 Å². The van der Waals surface area contributed by atoms with Gasteiger partial charge in [0.05, 0.1) is 23.2 Å². The second-order valence-electron chi connectivity index (χ2n) is 13.3. The van der Waals surface area contributed by atoms with E-state index in [2.05, 4.69) is 29.8 Å². The van der Waals surface area contributed by atoms with Crippen molar-refractivity contribution in [3.63, 3.8) is 0 Å². The summed E-state index contributed by atoms with van der Waals surface area (Å²) in [5, 5.41) is 9.56. The van der Waals surface area contributed by atoms with E-state index in [1.54, 1.807) is 0 Å². The van der Waals surface area contributed by atoms with Crippen LogP contribution in [0.15, 0.2) is 0 Å². The molecule has 2 rings (SSSR count). The van der Waals surface area contributed by atoms with Crippen LogP contribution in [0.4, 0.5) is 0 Å². The maximum absolute atomic E-state index is 12.5. The number of carbonyl (C=O) groups excluding carboxylic acids is 3. The van der Waals surface area contributed by atoms with Crippen molar-refractivity contribution in [1.29, 1.82) is 0 Å². The lowest BCUT2D eigenvalue weighted by Gasteiger charge is -2.31. The molecule has 1 saturated heterocycles. The van der Waals surface area contributed by atoms with Gasteiger partial charge in [-0.1, -0.05) is 97.3 Å². The zero-order valence-electron chi connectivity index (χ0n) is 28.9. The second kappa shape index (κ2) is 28.2. The van der Waals surface area contributed by atoms with Gasteiger partial charge in [-0.25, -0.2) is 0 Å². The van der Waals surface area contributed by atoms with Crippen molar-refractivity contribution in [2.75, 3.05) is 25.0 Å². The Morgan fingerprint density at radius 2 is 1.14 bits per heavy atom. The number of hydrogen-bond acceptors (Lipinski definition) is 5. The van der Waals surface area contributed by atoms with E-state index in [1.165, 1.54) is 77.0 Å². The number of alkyl halides is 2. The number of piperidine rings is 1. The zero-order chi connectivity index (χ0) is 33.1. The smallest absolute Gasteiger partial charge is 0.310 e. The van der Waals surface area contributed by atoms with Crippen LogP contribution in [0.5, 0.6) is 0 Å². The summed E-state index contributed by atoms with van der Waals surface area (Å²) in [4.78, 5) is 36.7.